The van der Waals surface area contributed by atoms with Crippen molar-refractivity contribution in [1.29, 1.82) is 0 Å². The van der Waals surface area contributed by atoms with Gasteiger partial charge in [-0.2, -0.15) is 0 Å². The highest BCUT2D eigenvalue weighted by molar-refractivity contribution is 6.30. The van der Waals surface area contributed by atoms with Gasteiger partial charge < -0.3 is 10.6 Å². The molecule has 1 fully saturated rings. The summed E-state index contributed by atoms with van der Waals surface area (Å²) in [6, 6.07) is 7.55. The molecule has 3 atom stereocenters. The average Bonchev–Trinajstić information content (AvgIpc) is 2.38. The molecule has 2 rings (SSSR count). The number of carbonyl (C=O) groups excluding carboxylic acids is 1. The van der Waals surface area contributed by atoms with E-state index in [1.807, 2.05) is 43.0 Å². The molecule has 0 radical (unpaired) electrons. The highest BCUT2D eigenvalue weighted by atomic mass is 35.5. The summed E-state index contributed by atoms with van der Waals surface area (Å²) in [7, 11) is 0. The van der Waals surface area contributed by atoms with Crippen LogP contribution in [0.2, 0.25) is 5.02 Å². The largest absolute Gasteiger partial charge is 0.343 e. The van der Waals surface area contributed by atoms with Gasteiger partial charge in [-0.1, -0.05) is 23.7 Å². The Labute approximate surface area is 126 Å². The number of halogens is 1. The number of hydrogen-bond acceptors (Lipinski definition) is 2. The van der Waals surface area contributed by atoms with Crippen LogP contribution >= 0.6 is 11.6 Å². The second-order valence-electron chi connectivity index (χ2n) is 5.44. The van der Waals surface area contributed by atoms with E-state index in [4.69, 9.17) is 17.3 Å². The lowest BCUT2D eigenvalue weighted by Crippen LogP contribution is -2.46. The molecule has 0 bridgehead atoms. The number of nitrogens with two attached hydrogens (primary N) is 1. The smallest absolute Gasteiger partial charge is 0.226 e. The lowest BCUT2D eigenvalue weighted by Gasteiger charge is -2.41. The van der Waals surface area contributed by atoms with Gasteiger partial charge in [-0.3, -0.25) is 4.79 Å². The molecule has 1 saturated carbocycles. The third-order valence-electron chi connectivity index (χ3n) is 4.41. The molecule has 1 aromatic carbocycles. The van der Waals surface area contributed by atoms with E-state index in [1.54, 1.807) is 0 Å². The molecule has 0 spiro atoms. The predicted octanol–water partition coefficient (Wildman–Crippen LogP) is 3.23. The van der Waals surface area contributed by atoms with E-state index in [0.29, 0.717) is 5.02 Å². The molecule has 0 aromatic heterocycles. The summed E-state index contributed by atoms with van der Waals surface area (Å²) in [5, 5.41) is 0.698. The van der Waals surface area contributed by atoms with Crippen LogP contribution in [-0.4, -0.2) is 23.9 Å². The average molecular weight is 295 g/mol. The quantitative estimate of drug-likeness (QED) is 0.906. The molecule has 110 valence electrons. The zero-order chi connectivity index (χ0) is 14.7. The van der Waals surface area contributed by atoms with Crippen molar-refractivity contribution in [3.05, 3.63) is 34.9 Å². The first-order valence-electron chi connectivity index (χ1n) is 7.38. The van der Waals surface area contributed by atoms with Crippen LogP contribution in [0.1, 0.15) is 38.3 Å². The van der Waals surface area contributed by atoms with E-state index in [-0.39, 0.29) is 23.8 Å². The van der Waals surface area contributed by atoms with Crippen LogP contribution in [0.15, 0.2) is 24.3 Å². The van der Waals surface area contributed by atoms with E-state index in [2.05, 4.69) is 0 Å². The molecule has 3 unspecified atom stereocenters. The number of amides is 1. The SMILES string of the molecule is CCN(CC)C(=O)C1CCC1C(N)c1cccc(Cl)c1. The van der Waals surface area contributed by atoms with E-state index >= 15 is 0 Å². The second kappa shape index (κ2) is 6.59. The summed E-state index contributed by atoms with van der Waals surface area (Å²) in [6.45, 7) is 5.58. The predicted molar refractivity (Wildman–Crippen MR) is 82.5 cm³/mol. The molecule has 20 heavy (non-hydrogen) atoms. The fraction of sp³-hybridized carbons (Fsp3) is 0.562. The van der Waals surface area contributed by atoms with Crippen LogP contribution in [0.25, 0.3) is 0 Å². The molecule has 1 amide bonds. The highest BCUT2D eigenvalue weighted by Gasteiger charge is 2.41. The maximum atomic E-state index is 12.4. The summed E-state index contributed by atoms with van der Waals surface area (Å²) in [4.78, 5) is 14.3. The van der Waals surface area contributed by atoms with Crippen LogP contribution < -0.4 is 5.73 Å². The molecule has 1 aromatic rings. The maximum absolute atomic E-state index is 12.4. The van der Waals surface area contributed by atoms with Gasteiger partial charge in [-0.05, 0) is 50.3 Å². The van der Waals surface area contributed by atoms with Crippen LogP contribution in [-0.2, 0) is 4.79 Å². The third-order valence-corrected chi connectivity index (χ3v) is 4.65. The third kappa shape index (κ3) is 2.99. The van der Waals surface area contributed by atoms with Crippen LogP contribution in [0.3, 0.4) is 0 Å². The number of rotatable bonds is 5. The minimum absolute atomic E-state index is 0.0730. The van der Waals surface area contributed by atoms with E-state index < -0.39 is 0 Å². The molecular formula is C16H23ClN2O. The van der Waals surface area contributed by atoms with Gasteiger partial charge in [0.2, 0.25) is 5.91 Å². The van der Waals surface area contributed by atoms with Gasteiger partial charge in [0.15, 0.2) is 0 Å². The Balaban J connectivity index is 2.08. The first-order valence-corrected chi connectivity index (χ1v) is 7.76. The highest BCUT2D eigenvalue weighted by Crippen LogP contribution is 2.43. The number of benzene rings is 1. The van der Waals surface area contributed by atoms with Crippen molar-refractivity contribution in [3.8, 4) is 0 Å². The van der Waals surface area contributed by atoms with Gasteiger partial charge in [-0.15, -0.1) is 0 Å². The molecular weight excluding hydrogens is 272 g/mol. The molecule has 3 nitrogen and oxygen atoms in total. The Hall–Kier alpha value is -1.06. The van der Waals surface area contributed by atoms with Crippen molar-refractivity contribution in [2.45, 2.75) is 32.7 Å². The second-order valence-corrected chi connectivity index (χ2v) is 5.88. The molecule has 0 saturated heterocycles. The fourth-order valence-electron chi connectivity index (χ4n) is 2.99. The van der Waals surface area contributed by atoms with Gasteiger partial charge in [0.1, 0.15) is 0 Å². The summed E-state index contributed by atoms with van der Waals surface area (Å²) in [5.74, 6) is 0.564. The summed E-state index contributed by atoms with van der Waals surface area (Å²) in [5.41, 5.74) is 7.38. The summed E-state index contributed by atoms with van der Waals surface area (Å²) >= 11 is 6.02. The Morgan fingerprint density at radius 2 is 2.10 bits per heavy atom. The van der Waals surface area contributed by atoms with Crippen molar-refractivity contribution in [3.63, 3.8) is 0 Å². The normalized spacial score (nSPS) is 23.0. The van der Waals surface area contributed by atoms with Gasteiger partial charge in [0.05, 0.1) is 0 Å². The van der Waals surface area contributed by atoms with E-state index in [9.17, 15) is 4.79 Å². The summed E-state index contributed by atoms with van der Waals surface area (Å²) < 4.78 is 0. The monoisotopic (exact) mass is 294 g/mol. The van der Waals surface area contributed by atoms with Crippen molar-refractivity contribution in [1.82, 2.24) is 4.90 Å². The maximum Gasteiger partial charge on any atom is 0.226 e. The van der Waals surface area contributed by atoms with Crippen LogP contribution in [0.4, 0.5) is 0 Å². The minimum atomic E-state index is -0.105. The lowest BCUT2D eigenvalue weighted by atomic mass is 9.67. The first-order chi connectivity index (χ1) is 9.58. The zero-order valence-corrected chi connectivity index (χ0v) is 12.9. The van der Waals surface area contributed by atoms with Gasteiger partial charge >= 0.3 is 0 Å². The number of carbonyl (C=O) groups is 1. The standard InChI is InChI=1S/C16H23ClN2O/c1-3-19(4-2)16(20)14-9-8-13(14)15(18)11-6-5-7-12(17)10-11/h5-7,10,13-15H,3-4,8-9,18H2,1-2H3. The first kappa shape index (κ1) is 15.3. The fourth-order valence-corrected chi connectivity index (χ4v) is 3.19. The van der Waals surface area contributed by atoms with Crippen LogP contribution in [0.5, 0.6) is 0 Å². The summed E-state index contributed by atoms with van der Waals surface area (Å²) in [6.07, 6.45) is 1.97. The minimum Gasteiger partial charge on any atom is -0.343 e. The molecule has 4 heteroatoms. The van der Waals surface area contributed by atoms with Crippen molar-refractivity contribution < 1.29 is 4.79 Å². The topological polar surface area (TPSA) is 46.3 Å². The van der Waals surface area contributed by atoms with Gasteiger partial charge in [0.25, 0.3) is 0 Å². The Morgan fingerprint density at radius 3 is 2.60 bits per heavy atom. The van der Waals surface area contributed by atoms with Crippen molar-refractivity contribution in [2.24, 2.45) is 17.6 Å². The Morgan fingerprint density at radius 1 is 1.40 bits per heavy atom. The molecule has 0 heterocycles. The Bertz CT molecular complexity index is 473. The molecule has 1 aliphatic carbocycles. The molecule has 0 aliphatic heterocycles. The molecule has 2 N–H and O–H groups in total. The lowest BCUT2D eigenvalue weighted by molar-refractivity contribution is -0.141. The van der Waals surface area contributed by atoms with E-state index in [0.717, 1.165) is 31.5 Å². The van der Waals surface area contributed by atoms with Gasteiger partial charge in [-0.25, -0.2) is 0 Å². The number of hydrogen-bond donors (Lipinski definition) is 1. The van der Waals surface area contributed by atoms with Gasteiger partial charge in [0, 0.05) is 30.1 Å². The van der Waals surface area contributed by atoms with Crippen molar-refractivity contribution in [2.75, 3.05) is 13.1 Å². The van der Waals surface area contributed by atoms with Crippen molar-refractivity contribution >= 4 is 17.5 Å². The van der Waals surface area contributed by atoms with Crippen LogP contribution in [0, 0.1) is 11.8 Å². The zero-order valence-electron chi connectivity index (χ0n) is 12.2. The Kier molecular flexibility index (Phi) is 5.06. The molecule has 1 aliphatic rings. The number of nitrogens with zero attached hydrogens (tertiary/aromatic N) is 1. The van der Waals surface area contributed by atoms with E-state index in [1.165, 1.54) is 0 Å².